The van der Waals surface area contributed by atoms with Gasteiger partial charge in [-0.15, -0.1) is 0 Å². The average molecular weight is 1580 g/mol. The fourth-order valence-electron chi connectivity index (χ4n) is 12.1. The van der Waals surface area contributed by atoms with E-state index in [1.165, 1.54) is 51.2 Å². The van der Waals surface area contributed by atoms with Crippen LogP contribution < -0.4 is 53.2 Å². The fraction of sp³-hybridized carbons (Fsp3) is 0.446. The average Bonchev–Trinajstić information content (AvgIpc) is 1.64. The highest BCUT2D eigenvalue weighted by Crippen LogP contribution is 2.29. The summed E-state index contributed by atoms with van der Waals surface area (Å²) in [6.07, 6.45) is 2.88. The summed E-state index contributed by atoms with van der Waals surface area (Å²) in [6, 6.07) is 28.1. The number of carbonyl (C=O) groups excluding carboxylic acids is 10. The van der Waals surface area contributed by atoms with E-state index < -0.39 is 126 Å². The Morgan fingerprint density at radius 1 is 0.384 bits per heavy atom. The minimum Gasteiger partial charge on any atom is -0.508 e. The van der Waals surface area contributed by atoms with Crippen LogP contribution in [0.1, 0.15) is 143 Å². The molecule has 604 valence electrons. The molecule has 29 heteroatoms. The molecule has 0 unspecified atom stereocenters. The molecule has 0 aliphatic rings. The molecule has 0 saturated carbocycles. The van der Waals surface area contributed by atoms with Crippen molar-refractivity contribution in [3.63, 3.8) is 0 Å². The number of carboxylic acids is 2. The molecule has 0 aliphatic heterocycles. The Bertz CT molecular complexity index is 4370. The molecule has 7 aromatic rings. The molecule has 112 heavy (non-hydrogen) atoms. The van der Waals surface area contributed by atoms with E-state index >= 15 is 0 Å². The third-order valence-corrected chi connectivity index (χ3v) is 20.5. The SMILES string of the molecule is CC(=O)N[C@@H](CC(C)C)C(=O)N[C@@H](CSC(C)(C)C)C(=O)N[C@@H](Cc1c(Cc2ccc(O)cc2)[nH]c2ccccc12)C(=O)N[C@@H](C)C(=O)N[C@@H](Cc1ccccc1)C(=O)O.CC(=O)N[C@@H](CC(C)C)C(=O)N[C@@H](CSC(C)(C)C)C(=O)N[C@@H](Cc1c[nH]c2ccccc12)C(=O)N[C@@H](C)C(=O)N[C@@H](Cc1ccccc1)C(=O)O. The summed E-state index contributed by atoms with van der Waals surface area (Å²) in [5, 5.41) is 58.3. The number of carboxylic acid groups (broad SMARTS) is 2. The van der Waals surface area contributed by atoms with Gasteiger partial charge in [0.05, 0.1) is 0 Å². The number of hydrogen-bond donors (Lipinski definition) is 15. The number of carbonyl (C=O) groups is 12. The Morgan fingerprint density at radius 2 is 0.750 bits per heavy atom. The number of amides is 10. The zero-order chi connectivity index (χ0) is 82.7. The van der Waals surface area contributed by atoms with Gasteiger partial charge in [-0.25, -0.2) is 9.59 Å². The van der Waals surface area contributed by atoms with Crippen molar-refractivity contribution in [1.29, 1.82) is 0 Å². The lowest BCUT2D eigenvalue weighted by molar-refractivity contribution is -0.142. The molecular weight excluding hydrogens is 1470 g/mol. The molecule has 0 radical (unpaired) electrons. The van der Waals surface area contributed by atoms with Gasteiger partial charge in [0.25, 0.3) is 0 Å². The standard InChI is InChI=1S/C45H58N6O8S.C38H52N6O7S/c1-26(2)21-36(47-28(4)52)42(56)51-39(25-60-45(5,6)7)43(57)49-37(41(55)46-27(3)40(54)50-38(44(58)59)23-29-13-9-8-10-14-29)24-33-32-15-11-12-16-34(32)48-35(33)22-30-17-19-31(53)20-18-30;1-22(2)17-29(41-24(4)45)35(48)44-32(21-52-38(5,6)7)36(49)42-30(19-26-20-39-28-16-12-11-15-27(26)28)34(47)40-23(3)33(46)43-31(37(50)51)18-25-13-9-8-10-14-25/h8-20,26-27,36-39,48,53H,21-25H2,1-7H3,(H,46,55)(H,47,52)(H,49,57)(H,50,54)(H,51,56)(H,58,59);8-16,20,22-23,29-32,39H,17-19,21H2,1-7H3,(H,40,47)(H,41,45)(H,42,49)(H,43,46)(H,44,48)(H,50,51)/t27-,36-,37-,38-,39-;23-,29-,30-,31-,32-/m00/s1. The number of fused-ring (bicyclic) bond motifs is 2. The number of phenolic OH excluding ortho intramolecular Hbond substituents is 1. The van der Waals surface area contributed by atoms with Crippen molar-refractivity contribution in [1.82, 2.24) is 63.1 Å². The third kappa shape index (κ3) is 30.2. The summed E-state index contributed by atoms with van der Waals surface area (Å²) in [4.78, 5) is 165. The summed E-state index contributed by atoms with van der Waals surface area (Å²) >= 11 is 2.88. The molecule has 10 atom stereocenters. The van der Waals surface area contributed by atoms with Gasteiger partial charge in [0, 0.05) is 101 Å². The highest BCUT2D eigenvalue weighted by molar-refractivity contribution is 8.00. The Hall–Kier alpha value is -10.7. The van der Waals surface area contributed by atoms with E-state index in [2.05, 4.69) is 63.1 Å². The zero-order valence-corrected chi connectivity index (χ0v) is 67.8. The van der Waals surface area contributed by atoms with Gasteiger partial charge in [0.2, 0.25) is 59.1 Å². The monoisotopic (exact) mass is 1580 g/mol. The number of benzene rings is 5. The Balaban J connectivity index is 0.000000353. The maximum absolute atomic E-state index is 14.4. The van der Waals surface area contributed by atoms with Gasteiger partial charge in [-0.05, 0) is 90.6 Å². The Morgan fingerprint density at radius 3 is 1.16 bits per heavy atom. The minimum absolute atomic E-state index is 0.0191. The maximum Gasteiger partial charge on any atom is 0.326 e. The van der Waals surface area contributed by atoms with E-state index in [9.17, 15) is 72.9 Å². The number of thioether (sulfide) groups is 2. The molecule has 10 amide bonds. The van der Waals surface area contributed by atoms with Crippen molar-refractivity contribution >= 4 is 116 Å². The smallest absolute Gasteiger partial charge is 0.326 e. The topological polar surface area (TPSA) is 417 Å². The largest absolute Gasteiger partial charge is 0.508 e. The van der Waals surface area contributed by atoms with Gasteiger partial charge in [-0.1, -0.05) is 178 Å². The number of aromatic nitrogens is 2. The maximum atomic E-state index is 14.4. The van der Waals surface area contributed by atoms with Crippen LogP contribution in [-0.4, -0.2) is 178 Å². The van der Waals surface area contributed by atoms with E-state index in [1.807, 2.05) is 118 Å². The van der Waals surface area contributed by atoms with Crippen molar-refractivity contribution in [2.45, 2.75) is 212 Å². The first-order valence-electron chi connectivity index (χ1n) is 37.4. The minimum atomic E-state index is -1.29. The predicted octanol–water partition coefficient (Wildman–Crippen LogP) is 7.46. The molecule has 0 spiro atoms. The number of hydrogen-bond acceptors (Lipinski definition) is 15. The summed E-state index contributed by atoms with van der Waals surface area (Å²) in [5.74, 6) is -7.89. The molecule has 0 saturated heterocycles. The number of phenols is 1. The predicted molar refractivity (Wildman–Crippen MR) is 436 cm³/mol. The molecule has 2 aromatic heterocycles. The zero-order valence-electron chi connectivity index (χ0n) is 66.1. The van der Waals surface area contributed by atoms with Gasteiger partial charge in [-0.3, -0.25) is 47.9 Å². The van der Waals surface area contributed by atoms with Crippen LogP contribution in [0.5, 0.6) is 5.75 Å². The summed E-state index contributed by atoms with van der Waals surface area (Å²) < 4.78 is -0.574. The summed E-state index contributed by atoms with van der Waals surface area (Å²) in [7, 11) is 0. The van der Waals surface area contributed by atoms with E-state index in [1.54, 1.807) is 91.1 Å². The number of para-hydroxylation sites is 2. The van der Waals surface area contributed by atoms with E-state index in [4.69, 9.17) is 0 Å². The summed E-state index contributed by atoms with van der Waals surface area (Å²) in [6.45, 7) is 25.0. The lowest BCUT2D eigenvalue weighted by atomic mass is 9.97. The molecule has 0 aliphatic carbocycles. The number of nitrogens with one attached hydrogen (secondary N) is 12. The van der Waals surface area contributed by atoms with Crippen molar-refractivity contribution in [2.24, 2.45) is 11.8 Å². The van der Waals surface area contributed by atoms with Crippen LogP contribution in [0.15, 0.2) is 140 Å². The highest BCUT2D eigenvalue weighted by atomic mass is 32.2. The van der Waals surface area contributed by atoms with Crippen LogP contribution in [0.25, 0.3) is 21.8 Å². The molecular formula is C83H110N12O15S2. The highest BCUT2D eigenvalue weighted by Gasteiger charge is 2.37. The first-order chi connectivity index (χ1) is 52.7. The van der Waals surface area contributed by atoms with Crippen molar-refractivity contribution in [2.75, 3.05) is 11.5 Å². The van der Waals surface area contributed by atoms with Crippen LogP contribution in [-0.2, 0) is 89.6 Å². The second-order valence-corrected chi connectivity index (χ2v) is 34.4. The van der Waals surface area contributed by atoms with Crippen molar-refractivity contribution in [3.05, 3.63) is 173 Å². The molecule has 7 rings (SSSR count). The van der Waals surface area contributed by atoms with Crippen LogP contribution in [0.4, 0.5) is 0 Å². The molecule has 0 bridgehead atoms. The van der Waals surface area contributed by atoms with Crippen LogP contribution in [0, 0.1) is 11.8 Å². The van der Waals surface area contributed by atoms with Crippen LogP contribution in [0.2, 0.25) is 0 Å². The Labute approximate surface area is 662 Å². The van der Waals surface area contributed by atoms with Gasteiger partial charge >= 0.3 is 11.9 Å². The molecule has 27 nitrogen and oxygen atoms in total. The molecule has 0 fully saturated rings. The third-order valence-electron chi connectivity index (χ3n) is 17.7. The molecule has 15 N–H and O–H groups in total. The number of aromatic amines is 2. The Kier molecular flexibility index (Phi) is 34.4. The number of rotatable bonds is 38. The molecule has 2 heterocycles. The number of H-pyrrole nitrogens is 2. The second kappa shape index (κ2) is 42.7. The van der Waals surface area contributed by atoms with Gasteiger partial charge in [0.1, 0.15) is 66.2 Å². The second-order valence-electron chi connectivity index (χ2n) is 30.7. The van der Waals surface area contributed by atoms with Gasteiger partial charge in [-0.2, -0.15) is 23.5 Å². The number of aliphatic carboxylic acids is 2. The van der Waals surface area contributed by atoms with Gasteiger partial charge in [0.15, 0.2) is 0 Å². The fourth-order valence-corrected chi connectivity index (χ4v) is 13.9. The lowest BCUT2D eigenvalue weighted by Crippen LogP contribution is -2.59. The normalized spacial score (nSPS) is 14.2. The first-order valence-corrected chi connectivity index (χ1v) is 39.4. The number of aromatic hydroxyl groups is 1. The van der Waals surface area contributed by atoms with Crippen LogP contribution >= 0.6 is 23.5 Å². The van der Waals surface area contributed by atoms with Crippen molar-refractivity contribution in [3.8, 4) is 5.75 Å². The van der Waals surface area contributed by atoms with E-state index in [0.29, 0.717) is 30.4 Å². The molecule has 5 aromatic carbocycles. The van der Waals surface area contributed by atoms with Crippen molar-refractivity contribution < 1.29 is 72.9 Å². The van der Waals surface area contributed by atoms with E-state index in [0.717, 1.165) is 44.2 Å². The van der Waals surface area contributed by atoms with E-state index in [-0.39, 0.29) is 70.2 Å². The summed E-state index contributed by atoms with van der Waals surface area (Å²) in [5.41, 5.74) is 6.11. The van der Waals surface area contributed by atoms with Crippen LogP contribution in [0.3, 0.4) is 0 Å². The quantitative estimate of drug-likeness (QED) is 0.0178. The van der Waals surface area contributed by atoms with Gasteiger partial charge < -0.3 is 78.5 Å². The lowest BCUT2D eigenvalue weighted by Gasteiger charge is -2.28. The first kappa shape index (κ1) is 90.2.